The lowest BCUT2D eigenvalue weighted by Gasteiger charge is -2.26. The molecule has 0 bridgehead atoms. The smallest absolute Gasteiger partial charge is 0.261 e. The van der Waals surface area contributed by atoms with E-state index in [9.17, 15) is 13.2 Å². The third-order valence-corrected chi connectivity index (χ3v) is 5.95. The largest absolute Gasteiger partial charge is 1.00 e. The Labute approximate surface area is 177 Å². The van der Waals surface area contributed by atoms with E-state index in [1.807, 2.05) is 19.1 Å². The number of anilines is 1. The van der Waals surface area contributed by atoms with Crippen molar-refractivity contribution in [3.05, 3.63) is 59.7 Å². The van der Waals surface area contributed by atoms with E-state index in [1.54, 1.807) is 12.1 Å². The monoisotopic (exact) mass is 438 g/mol. The molecular formula is C20H25ClN3O4S-. The zero-order valence-electron chi connectivity index (χ0n) is 16.2. The number of nitrogens with zero attached hydrogens (tertiary/aromatic N) is 1. The maximum absolute atomic E-state index is 12.5. The standard InChI is InChI=1S/C20H25N3O4S.ClH/c1-16-2-6-18(7-3-16)22-28(25,26)19-8-4-17(5-9-19)20(24)21-10-11-23-12-14-27-15-13-23;/h2-9,22H,10-15H2,1H3,(H,21,24);1H/p-1. The molecule has 158 valence electrons. The summed E-state index contributed by atoms with van der Waals surface area (Å²) < 4.78 is 32.8. The van der Waals surface area contributed by atoms with E-state index in [-0.39, 0.29) is 23.2 Å². The molecule has 2 N–H and O–H groups in total. The number of amides is 1. The molecule has 0 atom stereocenters. The van der Waals surface area contributed by atoms with Crippen LogP contribution in [0.3, 0.4) is 0 Å². The van der Waals surface area contributed by atoms with Crippen LogP contribution in [-0.4, -0.2) is 58.6 Å². The zero-order chi connectivity index (χ0) is 20.0. The van der Waals surface area contributed by atoms with Crippen LogP contribution < -0.4 is 22.4 Å². The lowest BCUT2D eigenvalue weighted by Crippen LogP contribution is -3.00. The van der Waals surface area contributed by atoms with Crippen molar-refractivity contribution in [1.82, 2.24) is 10.2 Å². The minimum absolute atomic E-state index is 0. The topological polar surface area (TPSA) is 87.7 Å². The Kier molecular flexibility index (Phi) is 8.45. The van der Waals surface area contributed by atoms with Crippen molar-refractivity contribution in [3.63, 3.8) is 0 Å². The normalized spacial score (nSPS) is 14.7. The van der Waals surface area contributed by atoms with E-state index in [4.69, 9.17) is 4.74 Å². The number of rotatable bonds is 7. The van der Waals surface area contributed by atoms with E-state index in [2.05, 4.69) is 14.9 Å². The molecule has 0 radical (unpaired) electrons. The van der Waals surface area contributed by atoms with Crippen LogP contribution in [0.15, 0.2) is 53.4 Å². The Morgan fingerprint density at radius 3 is 2.28 bits per heavy atom. The van der Waals surface area contributed by atoms with Crippen LogP contribution in [0.1, 0.15) is 15.9 Å². The van der Waals surface area contributed by atoms with Crippen LogP contribution in [0.4, 0.5) is 5.69 Å². The molecule has 1 fully saturated rings. The minimum Gasteiger partial charge on any atom is -1.00 e. The SMILES string of the molecule is Cc1ccc(NS(=O)(=O)c2ccc(C(=O)NCCN3CCOCC3)cc2)cc1.[Cl-]. The second-order valence-corrected chi connectivity index (χ2v) is 8.39. The molecule has 1 amide bonds. The van der Waals surface area contributed by atoms with Gasteiger partial charge in [-0.15, -0.1) is 0 Å². The summed E-state index contributed by atoms with van der Waals surface area (Å²) in [7, 11) is -3.70. The Balaban J connectivity index is 0.00000300. The van der Waals surface area contributed by atoms with Crippen LogP contribution in [0.25, 0.3) is 0 Å². The fourth-order valence-electron chi connectivity index (χ4n) is 2.88. The Bertz CT molecular complexity index is 896. The van der Waals surface area contributed by atoms with Crippen molar-refractivity contribution in [2.24, 2.45) is 0 Å². The molecule has 0 aliphatic carbocycles. The first kappa shape index (κ1) is 23.2. The predicted octanol–water partition coefficient (Wildman–Crippen LogP) is -1.14. The van der Waals surface area contributed by atoms with Gasteiger partial charge >= 0.3 is 0 Å². The third-order valence-electron chi connectivity index (χ3n) is 4.55. The van der Waals surface area contributed by atoms with E-state index in [0.29, 0.717) is 17.8 Å². The van der Waals surface area contributed by atoms with Gasteiger partial charge in [-0.05, 0) is 43.3 Å². The van der Waals surface area contributed by atoms with Gasteiger partial charge in [0.15, 0.2) is 0 Å². The maximum atomic E-state index is 12.5. The molecule has 0 unspecified atom stereocenters. The maximum Gasteiger partial charge on any atom is 0.261 e. The molecule has 9 heteroatoms. The number of carbonyl (C=O) groups excluding carboxylic acids is 1. The number of ether oxygens (including phenoxy) is 1. The van der Waals surface area contributed by atoms with Crippen LogP contribution >= 0.6 is 0 Å². The summed E-state index contributed by atoms with van der Waals surface area (Å²) in [5.41, 5.74) is 1.97. The van der Waals surface area contributed by atoms with Crippen LogP contribution in [0.2, 0.25) is 0 Å². The van der Waals surface area contributed by atoms with Crippen molar-refractivity contribution >= 4 is 21.6 Å². The molecule has 1 aliphatic rings. The summed E-state index contributed by atoms with van der Waals surface area (Å²) in [6.45, 7) is 6.42. The summed E-state index contributed by atoms with van der Waals surface area (Å²) in [6, 6.07) is 13.0. The highest BCUT2D eigenvalue weighted by atomic mass is 35.5. The number of nitrogens with one attached hydrogen (secondary N) is 2. The molecule has 2 aromatic rings. The quantitative estimate of drug-likeness (QED) is 0.570. The summed E-state index contributed by atoms with van der Waals surface area (Å²) in [5.74, 6) is -0.219. The lowest BCUT2D eigenvalue weighted by molar-refractivity contribution is -0.0000187. The predicted molar refractivity (Wildman–Crippen MR) is 108 cm³/mol. The molecule has 3 rings (SSSR count). The number of hydrogen-bond donors (Lipinski definition) is 2. The van der Waals surface area contributed by atoms with Crippen molar-refractivity contribution in [3.8, 4) is 0 Å². The fourth-order valence-corrected chi connectivity index (χ4v) is 3.93. The highest BCUT2D eigenvalue weighted by Gasteiger charge is 2.16. The molecule has 0 aromatic heterocycles. The van der Waals surface area contributed by atoms with E-state index in [0.717, 1.165) is 38.4 Å². The fraction of sp³-hybridized carbons (Fsp3) is 0.350. The number of aryl methyl sites for hydroxylation is 1. The third kappa shape index (κ3) is 6.71. The molecule has 0 saturated carbocycles. The van der Waals surface area contributed by atoms with Crippen molar-refractivity contribution in [1.29, 1.82) is 0 Å². The van der Waals surface area contributed by atoms with E-state index < -0.39 is 10.0 Å². The van der Waals surface area contributed by atoms with Crippen molar-refractivity contribution in [2.75, 3.05) is 44.1 Å². The Morgan fingerprint density at radius 1 is 1.03 bits per heavy atom. The molecule has 1 heterocycles. The minimum atomic E-state index is -3.70. The number of morpholine rings is 1. The van der Waals surface area contributed by atoms with E-state index in [1.165, 1.54) is 24.3 Å². The first-order valence-corrected chi connectivity index (χ1v) is 10.7. The highest BCUT2D eigenvalue weighted by Crippen LogP contribution is 2.17. The average Bonchev–Trinajstić information content (AvgIpc) is 2.70. The molecule has 1 aliphatic heterocycles. The van der Waals surface area contributed by atoms with Crippen LogP contribution in [0.5, 0.6) is 0 Å². The van der Waals surface area contributed by atoms with Gasteiger partial charge in [-0.25, -0.2) is 8.42 Å². The number of hydrogen-bond acceptors (Lipinski definition) is 5. The Morgan fingerprint density at radius 2 is 1.66 bits per heavy atom. The first-order chi connectivity index (χ1) is 13.4. The Hall–Kier alpha value is -2.13. The lowest BCUT2D eigenvalue weighted by atomic mass is 10.2. The number of halogens is 1. The van der Waals surface area contributed by atoms with Gasteiger partial charge in [0.05, 0.1) is 18.1 Å². The zero-order valence-corrected chi connectivity index (χ0v) is 17.8. The second-order valence-electron chi connectivity index (χ2n) is 6.71. The number of sulfonamides is 1. The molecule has 1 saturated heterocycles. The van der Waals surface area contributed by atoms with Crippen LogP contribution in [0, 0.1) is 6.92 Å². The summed E-state index contributed by atoms with van der Waals surface area (Å²) in [6.07, 6.45) is 0. The first-order valence-electron chi connectivity index (χ1n) is 9.22. The van der Waals surface area contributed by atoms with Crippen molar-refractivity contribution < 1.29 is 30.4 Å². The summed E-state index contributed by atoms with van der Waals surface area (Å²) >= 11 is 0. The molecule has 29 heavy (non-hydrogen) atoms. The van der Waals surface area contributed by atoms with E-state index >= 15 is 0 Å². The van der Waals surface area contributed by atoms with Gasteiger partial charge in [0, 0.05) is 37.4 Å². The highest BCUT2D eigenvalue weighted by molar-refractivity contribution is 7.92. The second kappa shape index (κ2) is 10.6. The van der Waals surface area contributed by atoms with Gasteiger partial charge in [0.1, 0.15) is 0 Å². The van der Waals surface area contributed by atoms with Crippen LogP contribution in [-0.2, 0) is 14.8 Å². The molecule has 2 aromatic carbocycles. The number of carbonyl (C=O) groups is 1. The van der Waals surface area contributed by atoms with Gasteiger partial charge in [0.2, 0.25) is 0 Å². The average molecular weight is 439 g/mol. The van der Waals surface area contributed by atoms with Gasteiger partial charge in [-0.1, -0.05) is 17.7 Å². The molecule has 7 nitrogen and oxygen atoms in total. The molecular weight excluding hydrogens is 414 g/mol. The number of benzene rings is 2. The van der Waals surface area contributed by atoms with Gasteiger partial charge < -0.3 is 22.5 Å². The summed E-state index contributed by atoms with van der Waals surface area (Å²) in [4.78, 5) is 14.6. The summed E-state index contributed by atoms with van der Waals surface area (Å²) in [5, 5.41) is 2.86. The van der Waals surface area contributed by atoms with Gasteiger partial charge in [-0.3, -0.25) is 14.4 Å². The van der Waals surface area contributed by atoms with Gasteiger partial charge in [0.25, 0.3) is 15.9 Å². The molecule has 0 spiro atoms. The van der Waals surface area contributed by atoms with Crippen molar-refractivity contribution in [2.45, 2.75) is 11.8 Å². The van der Waals surface area contributed by atoms with Gasteiger partial charge in [-0.2, -0.15) is 0 Å².